The van der Waals surface area contributed by atoms with Gasteiger partial charge in [0.25, 0.3) is 11.5 Å². The molecule has 2 rings (SSSR count). The van der Waals surface area contributed by atoms with Crippen LogP contribution in [0, 0.1) is 0 Å². The van der Waals surface area contributed by atoms with Gasteiger partial charge in [-0.1, -0.05) is 0 Å². The maximum Gasteiger partial charge on any atom is 0.335 e. The second-order valence-corrected chi connectivity index (χ2v) is 3.82. The number of aromatic carboxylic acids is 1. The average Bonchev–Trinajstić information content (AvgIpc) is 2.39. The molecule has 1 aromatic heterocycles. The highest BCUT2D eigenvalue weighted by Gasteiger charge is 2.11. The highest BCUT2D eigenvalue weighted by molar-refractivity contribution is 6.03. The first kappa shape index (κ1) is 13.3. The van der Waals surface area contributed by atoms with Gasteiger partial charge >= 0.3 is 11.7 Å². The zero-order valence-electron chi connectivity index (χ0n) is 9.97. The van der Waals surface area contributed by atoms with Crippen molar-refractivity contribution in [3.63, 3.8) is 0 Å². The Labute approximate surface area is 111 Å². The smallest absolute Gasteiger partial charge is 0.335 e. The standard InChI is InChI=1S/C12H9N3O5/c16-9(8-5-13-12(20)15-10(8)17)14-7-3-1-6(2-4-7)11(18)19/h1-5H,(H,14,16)(H,18,19)(H2,13,15,17,20). The first-order valence-electron chi connectivity index (χ1n) is 5.44. The SMILES string of the molecule is O=C(O)c1ccc(NC(=O)c2c[nH]c(=O)[nH]c2=O)cc1. The van der Waals surface area contributed by atoms with Crippen molar-refractivity contribution in [2.45, 2.75) is 0 Å². The van der Waals surface area contributed by atoms with Crippen LogP contribution in [0.2, 0.25) is 0 Å². The van der Waals surface area contributed by atoms with Crippen LogP contribution in [0.15, 0.2) is 40.1 Å². The predicted octanol–water partition coefficient (Wildman–Crippen LogP) is 0.0137. The first-order chi connectivity index (χ1) is 9.47. The van der Waals surface area contributed by atoms with Gasteiger partial charge in [0.15, 0.2) is 0 Å². The molecule has 0 fully saturated rings. The van der Waals surface area contributed by atoms with Crippen molar-refractivity contribution < 1.29 is 14.7 Å². The summed E-state index contributed by atoms with van der Waals surface area (Å²) < 4.78 is 0. The van der Waals surface area contributed by atoms with Gasteiger partial charge in [-0.15, -0.1) is 0 Å². The van der Waals surface area contributed by atoms with E-state index in [1.807, 2.05) is 4.98 Å². The summed E-state index contributed by atoms with van der Waals surface area (Å²) in [5.74, 6) is -1.80. The number of benzene rings is 1. The number of rotatable bonds is 3. The lowest BCUT2D eigenvalue weighted by atomic mass is 10.2. The number of aromatic amines is 2. The summed E-state index contributed by atoms with van der Waals surface area (Å²) >= 11 is 0. The van der Waals surface area contributed by atoms with Crippen LogP contribution in [-0.4, -0.2) is 27.0 Å². The van der Waals surface area contributed by atoms with Gasteiger partial charge in [-0.05, 0) is 24.3 Å². The van der Waals surface area contributed by atoms with Crippen LogP contribution in [0.4, 0.5) is 5.69 Å². The molecule has 1 amide bonds. The Balaban J connectivity index is 2.21. The lowest BCUT2D eigenvalue weighted by molar-refractivity contribution is 0.0696. The maximum atomic E-state index is 11.8. The number of carbonyl (C=O) groups excluding carboxylic acids is 1. The highest BCUT2D eigenvalue weighted by Crippen LogP contribution is 2.10. The molecule has 0 aliphatic heterocycles. The molecule has 102 valence electrons. The second kappa shape index (κ2) is 5.22. The topological polar surface area (TPSA) is 132 Å². The lowest BCUT2D eigenvalue weighted by Crippen LogP contribution is -2.29. The Hall–Kier alpha value is -3.16. The molecule has 20 heavy (non-hydrogen) atoms. The Kier molecular flexibility index (Phi) is 3.47. The van der Waals surface area contributed by atoms with Crippen LogP contribution in [0.3, 0.4) is 0 Å². The molecule has 0 aliphatic rings. The molecule has 1 aromatic carbocycles. The number of carboxylic acid groups (broad SMARTS) is 1. The number of nitrogens with one attached hydrogen (secondary N) is 3. The molecule has 8 heteroatoms. The summed E-state index contributed by atoms with van der Waals surface area (Å²) in [5.41, 5.74) is -1.38. The molecule has 0 bridgehead atoms. The largest absolute Gasteiger partial charge is 0.478 e. The Morgan fingerprint density at radius 3 is 2.30 bits per heavy atom. The molecule has 0 saturated carbocycles. The minimum atomic E-state index is -1.08. The van der Waals surface area contributed by atoms with Crippen LogP contribution in [0.5, 0.6) is 0 Å². The zero-order chi connectivity index (χ0) is 14.7. The van der Waals surface area contributed by atoms with Gasteiger partial charge < -0.3 is 15.4 Å². The number of amides is 1. The van der Waals surface area contributed by atoms with E-state index in [4.69, 9.17) is 5.11 Å². The van der Waals surface area contributed by atoms with Gasteiger partial charge in [-0.3, -0.25) is 14.6 Å². The van der Waals surface area contributed by atoms with Gasteiger partial charge in [0.05, 0.1) is 5.56 Å². The second-order valence-electron chi connectivity index (χ2n) is 3.82. The molecule has 0 saturated heterocycles. The number of anilines is 1. The third-order valence-electron chi connectivity index (χ3n) is 2.45. The van der Waals surface area contributed by atoms with Crippen molar-refractivity contribution in [1.82, 2.24) is 9.97 Å². The summed E-state index contributed by atoms with van der Waals surface area (Å²) in [4.78, 5) is 48.8. The average molecular weight is 275 g/mol. The molecule has 0 unspecified atom stereocenters. The minimum Gasteiger partial charge on any atom is -0.478 e. The third-order valence-corrected chi connectivity index (χ3v) is 2.45. The fourth-order valence-electron chi connectivity index (χ4n) is 1.47. The van der Waals surface area contributed by atoms with Gasteiger partial charge in [0.1, 0.15) is 5.56 Å². The molecule has 8 nitrogen and oxygen atoms in total. The molecule has 0 aliphatic carbocycles. The number of hydrogen-bond acceptors (Lipinski definition) is 4. The Bertz CT molecular complexity index is 773. The number of H-pyrrole nitrogens is 2. The summed E-state index contributed by atoms with van der Waals surface area (Å²) in [6.07, 6.45) is 1.00. The van der Waals surface area contributed by atoms with Gasteiger partial charge in [0.2, 0.25) is 0 Å². The molecule has 0 atom stereocenters. The molecule has 0 spiro atoms. The van der Waals surface area contributed by atoms with E-state index in [0.29, 0.717) is 5.69 Å². The van der Waals surface area contributed by atoms with E-state index >= 15 is 0 Å². The van der Waals surface area contributed by atoms with Gasteiger partial charge in [-0.2, -0.15) is 0 Å². The van der Waals surface area contributed by atoms with Crippen LogP contribution in [0.1, 0.15) is 20.7 Å². The van der Waals surface area contributed by atoms with Crippen molar-refractivity contribution in [2.24, 2.45) is 0 Å². The van der Waals surface area contributed by atoms with Crippen molar-refractivity contribution in [1.29, 1.82) is 0 Å². The number of aromatic nitrogens is 2. The Morgan fingerprint density at radius 1 is 1.10 bits per heavy atom. The van der Waals surface area contributed by atoms with Crippen LogP contribution in [0.25, 0.3) is 0 Å². The summed E-state index contributed by atoms with van der Waals surface area (Å²) in [7, 11) is 0. The molecule has 1 heterocycles. The fourth-order valence-corrected chi connectivity index (χ4v) is 1.47. The maximum absolute atomic E-state index is 11.8. The molecule has 0 radical (unpaired) electrons. The zero-order valence-corrected chi connectivity index (χ0v) is 9.97. The molecular weight excluding hydrogens is 266 g/mol. The quantitative estimate of drug-likeness (QED) is 0.626. The van der Waals surface area contributed by atoms with Crippen molar-refractivity contribution in [2.75, 3.05) is 5.32 Å². The fraction of sp³-hybridized carbons (Fsp3) is 0. The van der Waals surface area contributed by atoms with Crippen LogP contribution in [-0.2, 0) is 0 Å². The monoisotopic (exact) mass is 275 g/mol. The van der Waals surface area contributed by atoms with Gasteiger partial charge in [-0.25, -0.2) is 9.59 Å². The molecular formula is C12H9N3O5. The van der Waals surface area contributed by atoms with Crippen LogP contribution < -0.4 is 16.6 Å². The third kappa shape index (κ3) is 2.80. The predicted molar refractivity (Wildman–Crippen MR) is 69.0 cm³/mol. The van der Waals surface area contributed by atoms with Crippen molar-refractivity contribution >= 4 is 17.6 Å². The van der Waals surface area contributed by atoms with E-state index in [1.165, 1.54) is 24.3 Å². The number of carbonyl (C=O) groups is 2. The van der Waals surface area contributed by atoms with Gasteiger partial charge in [0, 0.05) is 11.9 Å². The van der Waals surface area contributed by atoms with E-state index in [9.17, 15) is 19.2 Å². The van der Waals surface area contributed by atoms with E-state index in [2.05, 4.69) is 10.3 Å². The summed E-state index contributed by atoms with van der Waals surface area (Å²) in [6.45, 7) is 0. The normalized spacial score (nSPS) is 10.0. The first-order valence-corrected chi connectivity index (χ1v) is 5.44. The minimum absolute atomic E-state index is 0.0740. The molecule has 4 N–H and O–H groups in total. The Morgan fingerprint density at radius 2 is 1.75 bits per heavy atom. The summed E-state index contributed by atoms with van der Waals surface area (Å²) in [6, 6.07) is 5.41. The summed E-state index contributed by atoms with van der Waals surface area (Å²) in [5, 5.41) is 11.1. The van der Waals surface area contributed by atoms with E-state index in [-0.39, 0.29) is 11.1 Å². The van der Waals surface area contributed by atoms with E-state index < -0.39 is 23.1 Å². The lowest BCUT2D eigenvalue weighted by Gasteiger charge is -2.04. The number of hydrogen-bond donors (Lipinski definition) is 4. The number of carboxylic acids is 1. The molecule has 2 aromatic rings. The van der Waals surface area contributed by atoms with Crippen molar-refractivity contribution in [3.8, 4) is 0 Å². The van der Waals surface area contributed by atoms with Crippen LogP contribution >= 0.6 is 0 Å². The van der Waals surface area contributed by atoms with Crippen molar-refractivity contribution in [3.05, 3.63) is 62.4 Å². The van der Waals surface area contributed by atoms with E-state index in [0.717, 1.165) is 6.20 Å². The van der Waals surface area contributed by atoms with E-state index in [1.54, 1.807) is 0 Å². The highest BCUT2D eigenvalue weighted by atomic mass is 16.4.